The molecule has 0 aliphatic rings. The van der Waals surface area contributed by atoms with Gasteiger partial charge in [0.15, 0.2) is 0 Å². The van der Waals surface area contributed by atoms with Gasteiger partial charge in [-0.25, -0.2) is 10.1 Å². The van der Waals surface area contributed by atoms with Crippen LogP contribution in [-0.4, -0.2) is 26.9 Å². The van der Waals surface area contributed by atoms with Crippen LogP contribution in [0.3, 0.4) is 0 Å². The summed E-state index contributed by atoms with van der Waals surface area (Å²) in [5, 5.41) is 8.54. The lowest BCUT2D eigenvalue weighted by Crippen LogP contribution is -2.17. The quantitative estimate of drug-likeness (QED) is 0.574. The number of aryl methyl sites for hydroxylation is 2. The van der Waals surface area contributed by atoms with Crippen LogP contribution in [0.2, 0.25) is 0 Å². The zero-order valence-electron chi connectivity index (χ0n) is 12.1. The predicted molar refractivity (Wildman–Crippen MR) is 81.3 cm³/mol. The molecule has 0 atom stereocenters. The van der Waals surface area contributed by atoms with E-state index in [-0.39, 0.29) is 11.5 Å². The van der Waals surface area contributed by atoms with Crippen LogP contribution in [-0.2, 0) is 7.05 Å². The molecule has 7 heteroatoms. The van der Waals surface area contributed by atoms with Gasteiger partial charge in [-0.05, 0) is 13.0 Å². The van der Waals surface area contributed by atoms with E-state index in [1.807, 2.05) is 24.3 Å². The van der Waals surface area contributed by atoms with E-state index in [0.29, 0.717) is 11.3 Å². The van der Waals surface area contributed by atoms with Gasteiger partial charge in [0.05, 0.1) is 23.0 Å². The fraction of sp³-hybridized carbons (Fsp3) is 0.133. The molecule has 0 saturated heterocycles. The molecule has 1 amide bonds. The summed E-state index contributed by atoms with van der Waals surface area (Å²) in [6.45, 7) is 1.67. The zero-order chi connectivity index (χ0) is 15.7. The Morgan fingerprint density at radius 2 is 2.23 bits per heavy atom. The first-order chi connectivity index (χ1) is 10.6. The molecular weight excluding hydrogens is 285 g/mol. The lowest BCUT2D eigenvalue weighted by Gasteiger charge is -1.97. The van der Waals surface area contributed by atoms with Crippen molar-refractivity contribution in [3.8, 4) is 0 Å². The molecule has 1 aromatic carbocycles. The summed E-state index contributed by atoms with van der Waals surface area (Å²) in [5.41, 5.74) is 4.50. The Balaban J connectivity index is 1.79. The van der Waals surface area contributed by atoms with Gasteiger partial charge in [-0.3, -0.25) is 4.79 Å². The highest BCUT2D eigenvalue weighted by molar-refractivity contribution is 6.06. The number of carbonyl (C=O) groups excluding carboxylic acids is 1. The molecule has 112 valence electrons. The van der Waals surface area contributed by atoms with E-state index in [2.05, 4.69) is 20.6 Å². The Bertz CT molecular complexity index is 877. The number of hydrogen-bond donors (Lipinski definition) is 2. The third-order valence-corrected chi connectivity index (χ3v) is 3.39. The van der Waals surface area contributed by atoms with Gasteiger partial charge >= 0.3 is 0 Å². The number of hydrogen-bond acceptors (Lipinski definition) is 3. The first kappa shape index (κ1) is 14.0. The van der Waals surface area contributed by atoms with Crippen molar-refractivity contribution in [1.29, 1.82) is 0 Å². The van der Waals surface area contributed by atoms with Crippen molar-refractivity contribution in [3.63, 3.8) is 0 Å². The number of benzene rings is 1. The van der Waals surface area contributed by atoms with Crippen molar-refractivity contribution >= 4 is 23.0 Å². The van der Waals surface area contributed by atoms with Crippen LogP contribution in [0, 0.1) is 12.9 Å². The average Bonchev–Trinajstić information content (AvgIpc) is 3.03. The van der Waals surface area contributed by atoms with Gasteiger partial charge in [-0.1, -0.05) is 18.2 Å². The van der Waals surface area contributed by atoms with E-state index in [4.69, 9.17) is 0 Å². The molecule has 0 unspecified atom stereocenters. The van der Waals surface area contributed by atoms with Crippen LogP contribution in [0.4, 0.5) is 4.39 Å². The van der Waals surface area contributed by atoms with Crippen LogP contribution < -0.4 is 5.43 Å². The van der Waals surface area contributed by atoms with Gasteiger partial charge in [0, 0.05) is 24.1 Å². The van der Waals surface area contributed by atoms with Crippen molar-refractivity contribution in [3.05, 3.63) is 53.2 Å². The van der Waals surface area contributed by atoms with E-state index in [0.717, 1.165) is 15.6 Å². The summed E-state index contributed by atoms with van der Waals surface area (Å²) in [7, 11) is 1.50. The summed E-state index contributed by atoms with van der Waals surface area (Å²) in [6.07, 6.45) is 2.87. The molecule has 22 heavy (non-hydrogen) atoms. The van der Waals surface area contributed by atoms with E-state index in [9.17, 15) is 9.18 Å². The zero-order valence-corrected chi connectivity index (χ0v) is 12.1. The summed E-state index contributed by atoms with van der Waals surface area (Å²) in [6, 6.07) is 7.45. The molecule has 2 aromatic heterocycles. The molecule has 0 aliphatic heterocycles. The fourth-order valence-corrected chi connectivity index (χ4v) is 2.27. The molecule has 0 saturated carbocycles. The van der Waals surface area contributed by atoms with Gasteiger partial charge in [-0.2, -0.15) is 14.6 Å². The van der Waals surface area contributed by atoms with Crippen LogP contribution in [0.15, 0.2) is 35.6 Å². The van der Waals surface area contributed by atoms with Crippen molar-refractivity contribution in [2.75, 3.05) is 0 Å². The maximum Gasteiger partial charge on any atom is 0.273 e. The molecule has 2 N–H and O–H groups in total. The molecule has 0 radical (unpaired) electrons. The maximum atomic E-state index is 13.7. The SMILES string of the molecule is Cc1nn(C)c(F)c1/C=N\NC(=O)c1c[nH]c2ccccc12. The molecule has 0 aliphatic carbocycles. The highest BCUT2D eigenvalue weighted by Gasteiger charge is 2.12. The monoisotopic (exact) mass is 299 g/mol. The van der Waals surface area contributed by atoms with E-state index >= 15 is 0 Å². The van der Waals surface area contributed by atoms with Crippen LogP contribution in [0.5, 0.6) is 0 Å². The second-order valence-electron chi connectivity index (χ2n) is 4.86. The summed E-state index contributed by atoms with van der Waals surface area (Å²) >= 11 is 0. The number of hydrazone groups is 1. The number of aromatic amines is 1. The van der Waals surface area contributed by atoms with Crippen molar-refractivity contribution in [2.24, 2.45) is 12.1 Å². The third-order valence-electron chi connectivity index (χ3n) is 3.39. The fourth-order valence-electron chi connectivity index (χ4n) is 2.27. The number of H-pyrrole nitrogens is 1. The highest BCUT2D eigenvalue weighted by Crippen LogP contribution is 2.17. The first-order valence-electron chi connectivity index (χ1n) is 6.66. The van der Waals surface area contributed by atoms with Gasteiger partial charge in [-0.15, -0.1) is 0 Å². The number of carbonyl (C=O) groups is 1. The predicted octanol–water partition coefficient (Wildman–Crippen LogP) is 2.11. The minimum absolute atomic E-state index is 0.252. The molecule has 0 spiro atoms. The minimum Gasteiger partial charge on any atom is -0.360 e. The van der Waals surface area contributed by atoms with Gasteiger partial charge in [0.2, 0.25) is 5.95 Å². The van der Waals surface area contributed by atoms with E-state index in [1.165, 1.54) is 13.3 Å². The number of nitrogens with zero attached hydrogens (tertiary/aromatic N) is 3. The van der Waals surface area contributed by atoms with Gasteiger partial charge < -0.3 is 4.98 Å². The Morgan fingerprint density at radius 3 is 2.95 bits per heavy atom. The normalized spacial score (nSPS) is 11.4. The number of para-hydroxylation sites is 1. The summed E-state index contributed by atoms with van der Waals surface area (Å²) in [4.78, 5) is 15.1. The number of halogens is 1. The lowest BCUT2D eigenvalue weighted by atomic mass is 10.2. The van der Waals surface area contributed by atoms with E-state index < -0.39 is 5.95 Å². The Labute approximate surface area is 125 Å². The lowest BCUT2D eigenvalue weighted by molar-refractivity contribution is 0.0957. The topological polar surface area (TPSA) is 75.1 Å². The van der Waals surface area contributed by atoms with E-state index in [1.54, 1.807) is 13.1 Å². The smallest absolute Gasteiger partial charge is 0.273 e. The number of aromatic nitrogens is 3. The average molecular weight is 299 g/mol. The second kappa shape index (κ2) is 5.44. The van der Waals surface area contributed by atoms with Crippen LogP contribution in [0.1, 0.15) is 21.6 Å². The molecule has 3 rings (SSSR count). The molecule has 3 aromatic rings. The Hall–Kier alpha value is -2.96. The Kier molecular flexibility index (Phi) is 3.46. The van der Waals surface area contributed by atoms with Gasteiger partial charge in [0.25, 0.3) is 5.91 Å². The second-order valence-corrected chi connectivity index (χ2v) is 4.86. The van der Waals surface area contributed by atoms with Crippen molar-refractivity contribution in [2.45, 2.75) is 6.92 Å². The summed E-state index contributed by atoms with van der Waals surface area (Å²) in [5.74, 6) is -0.863. The first-order valence-corrected chi connectivity index (χ1v) is 6.66. The Morgan fingerprint density at radius 1 is 1.45 bits per heavy atom. The molecule has 6 nitrogen and oxygen atoms in total. The minimum atomic E-state index is -0.498. The molecule has 0 fully saturated rings. The maximum absolute atomic E-state index is 13.7. The largest absolute Gasteiger partial charge is 0.360 e. The summed E-state index contributed by atoms with van der Waals surface area (Å²) < 4.78 is 14.8. The van der Waals surface area contributed by atoms with Gasteiger partial charge in [0.1, 0.15) is 0 Å². The van der Waals surface area contributed by atoms with Crippen LogP contribution in [0.25, 0.3) is 10.9 Å². The molecule has 0 bridgehead atoms. The number of rotatable bonds is 3. The molecular formula is C15H14FN5O. The van der Waals surface area contributed by atoms with Crippen molar-refractivity contribution in [1.82, 2.24) is 20.2 Å². The van der Waals surface area contributed by atoms with Crippen molar-refractivity contribution < 1.29 is 9.18 Å². The highest BCUT2D eigenvalue weighted by atomic mass is 19.1. The molecule has 2 heterocycles. The van der Waals surface area contributed by atoms with Crippen LogP contribution >= 0.6 is 0 Å². The number of amides is 1. The number of nitrogens with one attached hydrogen (secondary N) is 2. The number of fused-ring (bicyclic) bond motifs is 1. The third kappa shape index (κ3) is 2.37. The standard InChI is InChI=1S/C15H14FN5O/c1-9-11(14(16)21(2)20-9)8-18-19-15(22)12-7-17-13-6-4-3-5-10(12)13/h3-8,17H,1-2H3,(H,19,22)/b18-8-.